The topological polar surface area (TPSA) is 105 Å². The molecule has 0 aliphatic heterocycles. The molecule has 8 nitrogen and oxygen atoms in total. The Bertz CT molecular complexity index is 1190. The van der Waals surface area contributed by atoms with Gasteiger partial charge < -0.3 is 15.2 Å². The van der Waals surface area contributed by atoms with Crippen molar-refractivity contribution in [1.82, 2.24) is 10.5 Å². The molecule has 0 unspecified atom stereocenters. The number of thiophene rings is 1. The van der Waals surface area contributed by atoms with Crippen molar-refractivity contribution in [3.63, 3.8) is 0 Å². The molecule has 0 spiro atoms. The van der Waals surface area contributed by atoms with E-state index >= 15 is 0 Å². The van der Waals surface area contributed by atoms with E-state index in [1.54, 1.807) is 13.0 Å². The minimum atomic E-state index is -0.910. The van der Waals surface area contributed by atoms with Gasteiger partial charge in [-0.25, -0.2) is 4.39 Å². The van der Waals surface area contributed by atoms with Crippen LogP contribution in [0, 0.1) is 12.7 Å². The number of nitrogens with zero attached hydrogens (tertiary/aromatic N) is 2. The van der Waals surface area contributed by atoms with Crippen LogP contribution in [0.2, 0.25) is 0 Å². The third kappa shape index (κ3) is 7.42. The minimum Gasteiger partial charge on any atom is -0.360 e. The first kappa shape index (κ1) is 26.9. The fourth-order valence-corrected chi connectivity index (χ4v) is 5.78. The van der Waals surface area contributed by atoms with E-state index in [0.29, 0.717) is 22.1 Å². The van der Waals surface area contributed by atoms with Crippen molar-refractivity contribution in [3.8, 4) is 0 Å². The molecule has 1 fully saturated rings. The van der Waals surface area contributed by atoms with Gasteiger partial charge >= 0.3 is 0 Å². The first-order valence-electron chi connectivity index (χ1n) is 12.1. The molecule has 0 bridgehead atoms. The summed E-state index contributed by atoms with van der Waals surface area (Å²) in [6.45, 7) is 1.72. The third-order valence-corrected chi connectivity index (χ3v) is 7.84. The number of carbonyl (C=O) groups is 3. The Balaban J connectivity index is 1.51. The second kappa shape index (κ2) is 12.9. The van der Waals surface area contributed by atoms with E-state index in [-0.39, 0.29) is 35.3 Å². The Hall–Kier alpha value is -3.18. The van der Waals surface area contributed by atoms with Crippen LogP contribution in [0.5, 0.6) is 0 Å². The van der Waals surface area contributed by atoms with Crippen LogP contribution in [-0.2, 0) is 14.4 Å². The highest BCUT2D eigenvalue weighted by atomic mass is 32.2. The maximum atomic E-state index is 13.7. The highest BCUT2D eigenvalue weighted by molar-refractivity contribution is 8.00. The summed E-state index contributed by atoms with van der Waals surface area (Å²) in [5.74, 6) is -0.573. The van der Waals surface area contributed by atoms with Gasteiger partial charge in [0.15, 0.2) is 5.82 Å². The van der Waals surface area contributed by atoms with Crippen molar-refractivity contribution in [2.24, 2.45) is 0 Å². The van der Waals surface area contributed by atoms with Crippen LogP contribution in [0.3, 0.4) is 0 Å². The smallest absolute Gasteiger partial charge is 0.248 e. The number of rotatable bonds is 10. The number of nitrogens with one attached hydrogen (secondary N) is 2. The Labute approximate surface area is 223 Å². The molecule has 0 radical (unpaired) electrons. The summed E-state index contributed by atoms with van der Waals surface area (Å²) < 4.78 is 18.7. The maximum absolute atomic E-state index is 13.7. The van der Waals surface area contributed by atoms with E-state index in [4.69, 9.17) is 4.52 Å². The van der Waals surface area contributed by atoms with E-state index < -0.39 is 11.9 Å². The molecular formula is C26H29FN4O4S2. The summed E-state index contributed by atoms with van der Waals surface area (Å²) in [6.07, 6.45) is 5.08. The highest BCUT2D eigenvalue weighted by Crippen LogP contribution is 2.32. The average Bonchev–Trinajstić information content (AvgIpc) is 3.55. The van der Waals surface area contributed by atoms with Gasteiger partial charge in [-0.2, -0.15) is 0 Å². The molecule has 196 valence electrons. The number of aryl methyl sites for hydroxylation is 1. The van der Waals surface area contributed by atoms with E-state index in [1.165, 1.54) is 40.5 Å². The predicted molar refractivity (Wildman–Crippen MR) is 143 cm³/mol. The second-order valence-electron chi connectivity index (χ2n) is 8.87. The molecule has 3 aromatic rings. The molecule has 1 atom stereocenters. The molecule has 4 rings (SSSR count). The number of hydrogen-bond donors (Lipinski definition) is 2. The summed E-state index contributed by atoms with van der Waals surface area (Å²) >= 11 is 2.50. The molecule has 11 heteroatoms. The lowest BCUT2D eigenvalue weighted by Gasteiger charge is -2.32. The van der Waals surface area contributed by atoms with Gasteiger partial charge in [0.25, 0.3) is 0 Å². The van der Waals surface area contributed by atoms with E-state index in [0.717, 1.165) is 43.9 Å². The minimum absolute atomic E-state index is 0.00679. The van der Waals surface area contributed by atoms with Crippen LogP contribution in [0.15, 0.2) is 52.4 Å². The van der Waals surface area contributed by atoms with E-state index in [2.05, 4.69) is 15.8 Å². The average molecular weight is 545 g/mol. The van der Waals surface area contributed by atoms with Crippen molar-refractivity contribution in [2.75, 3.05) is 21.7 Å². The van der Waals surface area contributed by atoms with Gasteiger partial charge in [-0.05, 0) is 55.5 Å². The monoisotopic (exact) mass is 544 g/mol. The summed E-state index contributed by atoms with van der Waals surface area (Å²) in [4.78, 5) is 41.6. The Morgan fingerprint density at radius 1 is 1.16 bits per heavy atom. The molecular weight excluding hydrogens is 515 g/mol. The van der Waals surface area contributed by atoms with Gasteiger partial charge in [-0.15, -0.1) is 23.1 Å². The molecule has 1 aliphatic carbocycles. The van der Waals surface area contributed by atoms with Gasteiger partial charge in [0.05, 0.1) is 11.5 Å². The van der Waals surface area contributed by atoms with Crippen LogP contribution >= 0.6 is 23.1 Å². The number of amides is 3. The molecule has 1 aliphatic rings. The van der Waals surface area contributed by atoms with Crippen molar-refractivity contribution in [2.45, 2.75) is 51.1 Å². The Morgan fingerprint density at radius 2 is 1.92 bits per heavy atom. The normalized spacial score (nSPS) is 14.6. The SMILES string of the molecule is Cc1cc(NC(=O)CSCC(=O)N(c2ccc(F)cc2)[C@@H](C(=O)NC2CCCCC2)c2cccs2)no1. The van der Waals surface area contributed by atoms with E-state index in [9.17, 15) is 18.8 Å². The molecule has 1 saturated carbocycles. The van der Waals surface area contributed by atoms with Crippen molar-refractivity contribution >= 4 is 52.3 Å². The summed E-state index contributed by atoms with van der Waals surface area (Å²) in [5.41, 5.74) is 0.409. The number of hydrogen-bond acceptors (Lipinski definition) is 7. The van der Waals surface area contributed by atoms with Crippen LogP contribution in [0.25, 0.3) is 0 Å². The lowest BCUT2D eigenvalue weighted by Crippen LogP contribution is -2.47. The van der Waals surface area contributed by atoms with Gasteiger partial charge in [0.1, 0.15) is 17.6 Å². The molecule has 2 aromatic heterocycles. The lowest BCUT2D eigenvalue weighted by atomic mass is 9.95. The van der Waals surface area contributed by atoms with Crippen molar-refractivity contribution in [1.29, 1.82) is 0 Å². The summed E-state index contributed by atoms with van der Waals surface area (Å²) in [5, 5.41) is 11.3. The number of benzene rings is 1. The molecule has 3 amide bonds. The van der Waals surface area contributed by atoms with Gasteiger partial charge in [-0.1, -0.05) is 30.5 Å². The number of carbonyl (C=O) groups excluding carboxylic acids is 3. The molecule has 0 saturated heterocycles. The fourth-order valence-electron chi connectivity index (χ4n) is 4.29. The molecule has 37 heavy (non-hydrogen) atoms. The van der Waals surface area contributed by atoms with Gasteiger partial charge in [0, 0.05) is 22.7 Å². The van der Waals surface area contributed by atoms with Gasteiger partial charge in [0.2, 0.25) is 17.7 Å². The highest BCUT2D eigenvalue weighted by Gasteiger charge is 2.34. The number of anilines is 2. The second-order valence-corrected chi connectivity index (χ2v) is 10.8. The number of aromatic nitrogens is 1. The van der Waals surface area contributed by atoms with Gasteiger partial charge in [-0.3, -0.25) is 19.3 Å². The van der Waals surface area contributed by atoms with Crippen LogP contribution in [-0.4, -0.2) is 40.4 Å². The Morgan fingerprint density at radius 3 is 2.57 bits per heavy atom. The zero-order valence-corrected chi connectivity index (χ0v) is 22.1. The summed E-state index contributed by atoms with van der Waals surface area (Å²) in [6, 6.07) is 9.92. The fraction of sp³-hybridized carbons (Fsp3) is 0.385. The maximum Gasteiger partial charge on any atom is 0.248 e. The van der Waals surface area contributed by atoms with Crippen molar-refractivity contribution < 1.29 is 23.3 Å². The van der Waals surface area contributed by atoms with Crippen LogP contribution in [0.1, 0.15) is 48.8 Å². The predicted octanol–water partition coefficient (Wildman–Crippen LogP) is 5.08. The first-order valence-corrected chi connectivity index (χ1v) is 14.2. The zero-order valence-electron chi connectivity index (χ0n) is 20.4. The molecule has 2 heterocycles. The third-order valence-electron chi connectivity index (χ3n) is 6.00. The Kier molecular flexibility index (Phi) is 9.34. The first-order chi connectivity index (χ1) is 17.9. The largest absolute Gasteiger partial charge is 0.360 e. The summed E-state index contributed by atoms with van der Waals surface area (Å²) in [7, 11) is 0. The number of thioether (sulfide) groups is 1. The van der Waals surface area contributed by atoms with Crippen LogP contribution in [0.4, 0.5) is 15.9 Å². The van der Waals surface area contributed by atoms with Crippen LogP contribution < -0.4 is 15.5 Å². The molecule has 2 N–H and O–H groups in total. The molecule has 1 aromatic carbocycles. The van der Waals surface area contributed by atoms with E-state index in [1.807, 2.05) is 17.5 Å². The lowest BCUT2D eigenvalue weighted by molar-refractivity contribution is -0.126. The zero-order chi connectivity index (χ0) is 26.2. The quantitative estimate of drug-likeness (QED) is 0.369. The number of halogens is 1. The van der Waals surface area contributed by atoms with Crippen molar-refractivity contribution in [3.05, 3.63) is 64.3 Å². The standard InChI is InChI=1S/C26H29FN4O4S2/c1-17-14-22(30-35-17)29-23(32)15-36-16-24(33)31(20-11-9-18(27)10-12-20)25(21-8-5-13-37-21)26(34)28-19-6-3-2-4-7-19/h5,8-14,19,25H,2-4,6-7,15-16H2,1H3,(H,28,34)(H,29,30,32)/t25-/m1/s1.